The molecular weight excluding hydrogens is 236 g/mol. The molecule has 0 amide bonds. The third-order valence-electron chi connectivity index (χ3n) is 3.59. The number of nitrogens with one attached hydrogen (secondary N) is 1. The fourth-order valence-electron chi connectivity index (χ4n) is 2.25. The molecule has 0 unspecified atom stereocenters. The van der Waals surface area contributed by atoms with Gasteiger partial charge in [0.15, 0.2) is 0 Å². The maximum absolute atomic E-state index is 12.0. The normalized spacial score (nSPS) is 17.6. The summed E-state index contributed by atoms with van der Waals surface area (Å²) in [6.45, 7) is 1.32. The van der Waals surface area contributed by atoms with E-state index in [4.69, 9.17) is 0 Å². The molecule has 100 valence electrons. The lowest BCUT2D eigenvalue weighted by molar-refractivity contribution is -0.0498. The topological polar surface area (TPSA) is 21.3 Å². The average Bonchev–Trinajstić information content (AvgIpc) is 2.28. The molecule has 0 aromatic heterocycles. The molecule has 1 N–H and O–H groups in total. The van der Waals surface area contributed by atoms with Crippen LogP contribution in [-0.2, 0) is 6.54 Å². The number of ether oxygens (including phenoxy) is 1. The molecule has 0 atom stereocenters. The lowest BCUT2D eigenvalue weighted by Gasteiger charge is -2.38. The Morgan fingerprint density at radius 2 is 1.94 bits per heavy atom. The molecule has 0 aliphatic heterocycles. The summed E-state index contributed by atoms with van der Waals surface area (Å²) in [4.78, 5) is 0. The Bertz CT molecular complexity index is 374. The van der Waals surface area contributed by atoms with Crippen molar-refractivity contribution in [3.63, 3.8) is 0 Å². The molecule has 0 spiro atoms. The van der Waals surface area contributed by atoms with Gasteiger partial charge < -0.3 is 10.1 Å². The first-order valence-electron chi connectivity index (χ1n) is 6.32. The molecule has 1 aliphatic rings. The lowest BCUT2D eigenvalue weighted by Crippen LogP contribution is -2.36. The fraction of sp³-hybridized carbons (Fsp3) is 0.571. The Balaban J connectivity index is 1.75. The summed E-state index contributed by atoms with van der Waals surface area (Å²) in [7, 11) is 0. The summed E-state index contributed by atoms with van der Waals surface area (Å²) in [6.07, 6.45) is 3.92. The highest BCUT2D eigenvalue weighted by molar-refractivity contribution is 5.27. The zero-order valence-corrected chi connectivity index (χ0v) is 10.6. The van der Waals surface area contributed by atoms with E-state index >= 15 is 0 Å². The highest BCUT2D eigenvalue weighted by atomic mass is 19.3. The predicted octanol–water partition coefficient (Wildman–Crippen LogP) is 3.57. The van der Waals surface area contributed by atoms with Crippen LogP contribution in [0, 0.1) is 5.41 Å². The third-order valence-corrected chi connectivity index (χ3v) is 3.59. The van der Waals surface area contributed by atoms with Crippen LogP contribution < -0.4 is 10.1 Å². The molecule has 2 nitrogen and oxygen atoms in total. The second kappa shape index (κ2) is 5.65. The van der Waals surface area contributed by atoms with Crippen LogP contribution in [0.15, 0.2) is 24.3 Å². The molecule has 2 rings (SSSR count). The van der Waals surface area contributed by atoms with Gasteiger partial charge in [-0.15, -0.1) is 0 Å². The van der Waals surface area contributed by atoms with E-state index in [2.05, 4.69) is 17.0 Å². The van der Waals surface area contributed by atoms with Gasteiger partial charge in [0.05, 0.1) is 0 Å². The van der Waals surface area contributed by atoms with Gasteiger partial charge in [0.2, 0.25) is 0 Å². The smallest absolute Gasteiger partial charge is 0.387 e. The van der Waals surface area contributed by atoms with Crippen LogP contribution in [0.4, 0.5) is 8.78 Å². The largest absolute Gasteiger partial charge is 0.435 e. The molecule has 1 saturated carbocycles. The van der Waals surface area contributed by atoms with Crippen LogP contribution in [0.2, 0.25) is 0 Å². The van der Waals surface area contributed by atoms with Crippen molar-refractivity contribution < 1.29 is 13.5 Å². The van der Waals surface area contributed by atoms with Crippen molar-refractivity contribution in [3.8, 4) is 5.75 Å². The van der Waals surface area contributed by atoms with Crippen LogP contribution in [-0.4, -0.2) is 13.2 Å². The van der Waals surface area contributed by atoms with Gasteiger partial charge in [0.25, 0.3) is 0 Å². The maximum Gasteiger partial charge on any atom is 0.387 e. The molecule has 1 aromatic carbocycles. The van der Waals surface area contributed by atoms with Crippen LogP contribution in [0.25, 0.3) is 0 Å². The molecule has 18 heavy (non-hydrogen) atoms. The van der Waals surface area contributed by atoms with Gasteiger partial charge in [0, 0.05) is 13.1 Å². The zero-order chi connectivity index (χ0) is 13.0. The van der Waals surface area contributed by atoms with E-state index in [1.807, 2.05) is 12.1 Å². The highest BCUT2D eigenvalue weighted by Gasteiger charge is 2.30. The number of halogens is 2. The molecule has 0 bridgehead atoms. The Morgan fingerprint density at radius 1 is 1.28 bits per heavy atom. The Kier molecular flexibility index (Phi) is 4.17. The van der Waals surface area contributed by atoms with Crippen molar-refractivity contribution in [2.75, 3.05) is 6.54 Å². The highest BCUT2D eigenvalue weighted by Crippen LogP contribution is 2.39. The molecule has 0 radical (unpaired) electrons. The minimum Gasteiger partial charge on any atom is -0.435 e. The molecule has 0 saturated heterocycles. The summed E-state index contributed by atoms with van der Waals surface area (Å²) >= 11 is 0. The summed E-state index contributed by atoms with van der Waals surface area (Å²) < 4.78 is 28.2. The van der Waals surface area contributed by atoms with Gasteiger partial charge in [-0.05, 0) is 36.0 Å². The summed E-state index contributed by atoms with van der Waals surface area (Å²) in [5.41, 5.74) is 1.54. The minimum atomic E-state index is -2.76. The van der Waals surface area contributed by atoms with Gasteiger partial charge in [-0.1, -0.05) is 25.5 Å². The number of alkyl halides is 2. The van der Waals surface area contributed by atoms with Crippen molar-refractivity contribution in [1.82, 2.24) is 5.32 Å². The Hall–Kier alpha value is -1.16. The standard InChI is InChI=1S/C14H19F2NO/c1-14(7-2-8-14)10-17-9-11-3-5-12(6-4-11)18-13(15)16/h3-6,13,17H,2,7-10H2,1H3. The van der Waals surface area contributed by atoms with Crippen molar-refractivity contribution >= 4 is 0 Å². The number of rotatable bonds is 6. The number of benzene rings is 1. The van der Waals surface area contributed by atoms with Crippen molar-refractivity contribution in [2.24, 2.45) is 5.41 Å². The fourth-order valence-corrected chi connectivity index (χ4v) is 2.25. The van der Waals surface area contributed by atoms with Crippen molar-refractivity contribution in [3.05, 3.63) is 29.8 Å². The first kappa shape index (κ1) is 13.3. The summed E-state index contributed by atoms with van der Waals surface area (Å²) in [6, 6.07) is 6.78. The predicted molar refractivity (Wildman–Crippen MR) is 66.7 cm³/mol. The zero-order valence-electron chi connectivity index (χ0n) is 10.6. The molecule has 1 aromatic rings. The van der Waals surface area contributed by atoms with Gasteiger partial charge >= 0.3 is 6.61 Å². The van der Waals surface area contributed by atoms with E-state index in [1.54, 1.807) is 12.1 Å². The van der Waals surface area contributed by atoms with Crippen molar-refractivity contribution in [1.29, 1.82) is 0 Å². The van der Waals surface area contributed by atoms with Gasteiger partial charge in [-0.25, -0.2) is 0 Å². The third kappa shape index (κ3) is 3.67. The molecule has 1 fully saturated rings. The first-order chi connectivity index (χ1) is 8.57. The first-order valence-corrected chi connectivity index (χ1v) is 6.32. The van der Waals surface area contributed by atoms with Crippen LogP contribution in [0.5, 0.6) is 5.75 Å². The second-order valence-electron chi connectivity index (χ2n) is 5.29. The van der Waals surface area contributed by atoms with E-state index in [0.717, 1.165) is 18.7 Å². The van der Waals surface area contributed by atoms with Gasteiger partial charge in [-0.3, -0.25) is 0 Å². The van der Waals surface area contributed by atoms with Crippen LogP contribution in [0.3, 0.4) is 0 Å². The molecule has 4 heteroatoms. The van der Waals surface area contributed by atoms with Crippen LogP contribution in [0.1, 0.15) is 31.7 Å². The van der Waals surface area contributed by atoms with Gasteiger partial charge in [-0.2, -0.15) is 8.78 Å². The monoisotopic (exact) mass is 255 g/mol. The molecule has 1 aliphatic carbocycles. The molecule has 0 heterocycles. The number of hydrogen-bond acceptors (Lipinski definition) is 2. The molecular formula is C14H19F2NO. The summed E-state index contributed by atoms with van der Waals surface area (Å²) in [5.74, 6) is 0.208. The maximum atomic E-state index is 12.0. The van der Waals surface area contributed by atoms with E-state index < -0.39 is 6.61 Å². The van der Waals surface area contributed by atoms with E-state index in [0.29, 0.717) is 5.41 Å². The van der Waals surface area contributed by atoms with Crippen molar-refractivity contribution in [2.45, 2.75) is 39.3 Å². The Morgan fingerprint density at radius 3 is 2.44 bits per heavy atom. The SMILES string of the molecule is CC1(CNCc2ccc(OC(F)F)cc2)CCC1. The lowest BCUT2D eigenvalue weighted by atomic mass is 9.70. The van der Waals surface area contributed by atoms with Crippen LogP contribution >= 0.6 is 0 Å². The van der Waals surface area contributed by atoms with E-state index in [9.17, 15) is 8.78 Å². The minimum absolute atomic E-state index is 0.208. The van der Waals surface area contributed by atoms with E-state index in [1.165, 1.54) is 19.3 Å². The second-order valence-corrected chi connectivity index (χ2v) is 5.29. The Labute approximate surface area is 106 Å². The number of hydrogen-bond donors (Lipinski definition) is 1. The summed E-state index contributed by atoms with van der Waals surface area (Å²) in [5, 5.41) is 3.42. The quantitative estimate of drug-likeness (QED) is 0.839. The van der Waals surface area contributed by atoms with Gasteiger partial charge in [0.1, 0.15) is 5.75 Å². The van der Waals surface area contributed by atoms with E-state index in [-0.39, 0.29) is 5.75 Å². The average molecular weight is 255 g/mol.